The lowest BCUT2D eigenvalue weighted by Gasteiger charge is -2.27. The van der Waals surface area contributed by atoms with E-state index in [1.165, 1.54) is 64.2 Å². The normalized spacial score (nSPS) is 20.7. The van der Waals surface area contributed by atoms with Gasteiger partial charge in [-0.1, -0.05) is 90.9 Å². The zero-order chi connectivity index (χ0) is 18.3. The number of Topliss-reactive ketones (excluding diaryl/α,β-unsaturated/α-hetero) is 1. The summed E-state index contributed by atoms with van der Waals surface area (Å²) in [6.45, 7) is 4.41. The van der Waals surface area contributed by atoms with E-state index in [1.54, 1.807) is 0 Å². The van der Waals surface area contributed by atoms with Crippen LogP contribution < -0.4 is 0 Å². The second-order valence-electron chi connectivity index (χ2n) is 7.75. The van der Waals surface area contributed by atoms with Gasteiger partial charge in [0, 0.05) is 6.42 Å². The molecule has 2 atom stereocenters. The van der Waals surface area contributed by atoms with Gasteiger partial charge in [0.25, 0.3) is 0 Å². The summed E-state index contributed by atoms with van der Waals surface area (Å²) >= 11 is 0. The second kappa shape index (κ2) is 14.3. The lowest BCUT2D eigenvalue weighted by Crippen LogP contribution is -2.38. The Hall–Kier alpha value is -0.860. The maximum absolute atomic E-state index is 12.2. The van der Waals surface area contributed by atoms with E-state index in [2.05, 4.69) is 13.8 Å². The predicted octanol–water partition coefficient (Wildman–Crippen LogP) is 6.38. The molecule has 1 aliphatic heterocycles. The topological polar surface area (TPSA) is 43.4 Å². The van der Waals surface area contributed by atoms with Gasteiger partial charge in [-0.05, 0) is 19.3 Å². The van der Waals surface area contributed by atoms with Crippen molar-refractivity contribution >= 4 is 11.8 Å². The summed E-state index contributed by atoms with van der Waals surface area (Å²) in [7, 11) is 0. The molecule has 0 aliphatic carbocycles. The number of carbonyl (C=O) groups is 2. The Bertz CT molecular complexity index is 346. The molecule has 0 spiro atoms. The highest BCUT2D eigenvalue weighted by Crippen LogP contribution is 2.25. The zero-order valence-corrected chi connectivity index (χ0v) is 16.7. The minimum absolute atomic E-state index is 0.119. The average molecular weight is 353 g/mol. The molecule has 146 valence electrons. The van der Waals surface area contributed by atoms with E-state index in [4.69, 9.17) is 4.74 Å². The van der Waals surface area contributed by atoms with Gasteiger partial charge >= 0.3 is 5.97 Å². The van der Waals surface area contributed by atoms with Crippen molar-refractivity contribution in [1.29, 1.82) is 0 Å². The first-order chi connectivity index (χ1) is 12.2. The van der Waals surface area contributed by atoms with Gasteiger partial charge < -0.3 is 4.74 Å². The Morgan fingerprint density at radius 1 is 0.720 bits per heavy atom. The summed E-state index contributed by atoms with van der Waals surface area (Å²) in [5, 5.41) is 0. The summed E-state index contributed by atoms with van der Waals surface area (Å²) in [5.41, 5.74) is 0. The molecule has 0 aromatic carbocycles. The third kappa shape index (κ3) is 10.0. The first kappa shape index (κ1) is 22.2. The molecule has 1 saturated heterocycles. The van der Waals surface area contributed by atoms with Crippen molar-refractivity contribution in [2.24, 2.45) is 5.92 Å². The van der Waals surface area contributed by atoms with Crippen LogP contribution in [0.2, 0.25) is 0 Å². The van der Waals surface area contributed by atoms with E-state index in [-0.39, 0.29) is 17.9 Å². The van der Waals surface area contributed by atoms with Crippen molar-refractivity contribution < 1.29 is 14.3 Å². The molecule has 0 aromatic rings. The number of ketones is 1. The standard InChI is InChI=1S/C22H40O3/c1-3-5-7-9-10-11-12-13-14-16-19-18-21(23)20(22(24)25-19)17-15-8-6-4-2/h19-20H,3-18H2,1-2H3/t19?,20-/m1/s1. The van der Waals surface area contributed by atoms with Crippen molar-refractivity contribution in [3.8, 4) is 0 Å². The SMILES string of the molecule is CCCCCCCCCCCC1CC(=O)[C@@H](CCCCCC)C(=O)O1. The zero-order valence-electron chi connectivity index (χ0n) is 16.7. The highest BCUT2D eigenvalue weighted by Gasteiger charge is 2.36. The number of hydrogen-bond donors (Lipinski definition) is 0. The highest BCUT2D eigenvalue weighted by molar-refractivity contribution is 6.00. The van der Waals surface area contributed by atoms with Crippen LogP contribution in [0.25, 0.3) is 0 Å². The van der Waals surface area contributed by atoms with Crippen LogP contribution in [-0.4, -0.2) is 17.9 Å². The van der Waals surface area contributed by atoms with Gasteiger partial charge in [0.2, 0.25) is 0 Å². The molecule has 0 bridgehead atoms. The van der Waals surface area contributed by atoms with Crippen LogP contribution in [0.15, 0.2) is 0 Å². The molecule has 1 unspecified atom stereocenters. The molecule has 1 heterocycles. The summed E-state index contributed by atoms with van der Waals surface area (Å²) in [5.74, 6) is -0.612. The molecule has 0 N–H and O–H groups in total. The molecular weight excluding hydrogens is 312 g/mol. The van der Waals surface area contributed by atoms with E-state index in [1.807, 2.05) is 0 Å². The fraction of sp³-hybridized carbons (Fsp3) is 0.909. The maximum atomic E-state index is 12.2. The lowest BCUT2D eigenvalue weighted by molar-refractivity contribution is -0.165. The number of rotatable bonds is 15. The van der Waals surface area contributed by atoms with Gasteiger partial charge in [0.05, 0.1) is 0 Å². The lowest BCUT2D eigenvalue weighted by atomic mass is 9.89. The molecule has 3 nitrogen and oxygen atoms in total. The van der Waals surface area contributed by atoms with Gasteiger partial charge in [-0.25, -0.2) is 0 Å². The van der Waals surface area contributed by atoms with Crippen molar-refractivity contribution in [2.75, 3.05) is 0 Å². The molecule has 0 saturated carbocycles. The van der Waals surface area contributed by atoms with E-state index < -0.39 is 5.92 Å². The quantitative estimate of drug-likeness (QED) is 0.195. The minimum Gasteiger partial charge on any atom is -0.461 e. The smallest absolute Gasteiger partial charge is 0.316 e. The van der Waals surface area contributed by atoms with Crippen LogP contribution >= 0.6 is 0 Å². The number of unbranched alkanes of at least 4 members (excludes halogenated alkanes) is 11. The summed E-state index contributed by atoms with van der Waals surface area (Å²) < 4.78 is 5.54. The predicted molar refractivity (Wildman–Crippen MR) is 104 cm³/mol. The van der Waals surface area contributed by atoms with Crippen molar-refractivity contribution in [3.63, 3.8) is 0 Å². The van der Waals surface area contributed by atoms with Gasteiger partial charge in [0.1, 0.15) is 12.0 Å². The minimum atomic E-state index is -0.476. The largest absolute Gasteiger partial charge is 0.461 e. The molecule has 25 heavy (non-hydrogen) atoms. The maximum Gasteiger partial charge on any atom is 0.316 e. The molecule has 1 rings (SSSR count). The average Bonchev–Trinajstić information content (AvgIpc) is 2.59. The van der Waals surface area contributed by atoms with E-state index >= 15 is 0 Å². The van der Waals surface area contributed by atoms with Gasteiger partial charge in [-0.3, -0.25) is 9.59 Å². The molecule has 1 fully saturated rings. The Kier molecular flexibility index (Phi) is 12.7. The van der Waals surface area contributed by atoms with E-state index in [9.17, 15) is 9.59 Å². The second-order valence-corrected chi connectivity index (χ2v) is 7.75. The van der Waals surface area contributed by atoms with E-state index in [0.29, 0.717) is 12.8 Å². The molecular formula is C22H40O3. The number of cyclic esters (lactones) is 1. The number of esters is 1. The Morgan fingerprint density at radius 3 is 1.76 bits per heavy atom. The van der Waals surface area contributed by atoms with E-state index in [0.717, 1.165) is 25.7 Å². The van der Waals surface area contributed by atoms with Crippen LogP contribution in [0.4, 0.5) is 0 Å². The van der Waals surface area contributed by atoms with Gasteiger partial charge in [-0.2, -0.15) is 0 Å². The van der Waals surface area contributed by atoms with Crippen LogP contribution in [-0.2, 0) is 14.3 Å². The van der Waals surface area contributed by atoms with Gasteiger partial charge in [0.15, 0.2) is 5.78 Å². The summed E-state index contributed by atoms with van der Waals surface area (Å²) in [6, 6.07) is 0. The first-order valence-corrected chi connectivity index (χ1v) is 10.9. The van der Waals surface area contributed by atoms with Crippen LogP contribution in [0.3, 0.4) is 0 Å². The fourth-order valence-electron chi connectivity index (χ4n) is 3.68. The van der Waals surface area contributed by atoms with Gasteiger partial charge in [-0.15, -0.1) is 0 Å². The van der Waals surface area contributed by atoms with Crippen LogP contribution in [0.5, 0.6) is 0 Å². The van der Waals surface area contributed by atoms with Crippen molar-refractivity contribution in [3.05, 3.63) is 0 Å². The third-order valence-electron chi connectivity index (χ3n) is 5.36. The first-order valence-electron chi connectivity index (χ1n) is 10.9. The monoisotopic (exact) mass is 352 g/mol. The Morgan fingerprint density at radius 2 is 1.20 bits per heavy atom. The number of ether oxygens (including phenoxy) is 1. The summed E-state index contributed by atoms with van der Waals surface area (Å²) in [6.07, 6.45) is 17.8. The Labute approximate surface area is 155 Å². The molecule has 0 aromatic heterocycles. The van der Waals surface area contributed by atoms with Crippen molar-refractivity contribution in [1.82, 2.24) is 0 Å². The van der Waals surface area contributed by atoms with Crippen LogP contribution in [0.1, 0.15) is 117 Å². The molecule has 0 radical (unpaired) electrons. The van der Waals surface area contributed by atoms with Crippen LogP contribution in [0, 0.1) is 5.92 Å². The van der Waals surface area contributed by atoms with Crippen molar-refractivity contribution in [2.45, 2.75) is 123 Å². The third-order valence-corrected chi connectivity index (χ3v) is 5.36. The highest BCUT2D eigenvalue weighted by atomic mass is 16.5. The molecule has 0 amide bonds. The number of carbonyl (C=O) groups excluding carboxylic acids is 2. The molecule has 3 heteroatoms. The molecule has 1 aliphatic rings. The Balaban J connectivity index is 2.07. The summed E-state index contributed by atoms with van der Waals surface area (Å²) in [4.78, 5) is 24.3. The fourth-order valence-corrected chi connectivity index (χ4v) is 3.68. The number of hydrogen-bond acceptors (Lipinski definition) is 3.